The van der Waals surface area contributed by atoms with Gasteiger partial charge in [-0.3, -0.25) is 0 Å². The fourth-order valence-corrected chi connectivity index (χ4v) is 2.33. The summed E-state index contributed by atoms with van der Waals surface area (Å²) in [5, 5.41) is 0. The Labute approximate surface area is 110 Å². The van der Waals surface area contributed by atoms with Crippen LogP contribution in [0.3, 0.4) is 0 Å². The predicted octanol–water partition coefficient (Wildman–Crippen LogP) is 3.14. The number of nitrogens with zero attached hydrogens (tertiary/aromatic N) is 1. The van der Waals surface area contributed by atoms with Gasteiger partial charge in [0.1, 0.15) is 12.2 Å². The molecule has 0 saturated heterocycles. The molecule has 1 aromatic rings. The highest BCUT2D eigenvalue weighted by atomic mass is 19.4. The molecule has 0 radical (unpaired) electrons. The molecule has 0 aromatic carbocycles. The third-order valence-corrected chi connectivity index (χ3v) is 3.42. The molecule has 2 rings (SSSR count). The van der Waals surface area contributed by atoms with Crippen LogP contribution in [0, 0.1) is 0 Å². The Hall–Kier alpha value is -1.30. The maximum absolute atomic E-state index is 12.8. The van der Waals surface area contributed by atoms with Gasteiger partial charge in [-0.25, -0.2) is 4.98 Å². The quantitative estimate of drug-likeness (QED) is 0.921. The van der Waals surface area contributed by atoms with Crippen molar-refractivity contribution in [1.29, 1.82) is 0 Å². The van der Waals surface area contributed by atoms with E-state index >= 15 is 0 Å². The van der Waals surface area contributed by atoms with E-state index in [1.807, 2.05) is 0 Å². The fourth-order valence-electron chi connectivity index (χ4n) is 2.33. The van der Waals surface area contributed by atoms with Crippen LogP contribution in [-0.2, 0) is 6.18 Å². The van der Waals surface area contributed by atoms with Crippen LogP contribution in [0.25, 0.3) is 0 Å². The van der Waals surface area contributed by atoms with E-state index in [-0.39, 0.29) is 12.5 Å². The van der Waals surface area contributed by atoms with E-state index in [0.29, 0.717) is 0 Å². The van der Waals surface area contributed by atoms with Crippen molar-refractivity contribution in [3.63, 3.8) is 0 Å². The Morgan fingerprint density at radius 1 is 1.26 bits per heavy atom. The normalized spacial score (nSPS) is 19.2. The van der Waals surface area contributed by atoms with Gasteiger partial charge in [0.25, 0.3) is 0 Å². The number of rotatable bonds is 3. The average molecular weight is 274 g/mol. The number of alkyl halides is 3. The highest BCUT2D eigenvalue weighted by Crippen LogP contribution is 2.35. The number of ether oxygens (including phenoxy) is 1. The molecule has 106 valence electrons. The summed E-state index contributed by atoms with van der Waals surface area (Å²) in [7, 11) is 0. The number of halogens is 3. The second kappa shape index (κ2) is 5.36. The first kappa shape index (κ1) is 14.1. The topological polar surface area (TPSA) is 48.1 Å². The molecule has 0 bridgehead atoms. The lowest BCUT2D eigenvalue weighted by Crippen LogP contribution is -2.47. The Bertz CT molecular complexity index is 428. The Balaban J connectivity index is 2.07. The fraction of sp³-hybridized carbons (Fsp3) is 0.615. The minimum Gasteiger partial charge on any atom is -0.475 e. The molecule has 0 atom stereocenters. The molecule has 0 spiro atoms. The van der Waals surface area contributed by atoms with Gasteiger partial charge in [-0.15, -0.1) is 0 Å². The molecule has 1 aliphatic rings. The summed E-state index contributed by atoms with van der Waals surface area (Å²) >= 11 is 0. The van der Waals surface area contributed by atoms with Gasteiger partial charge in [0, 0.05) is 6.20 Å². The van der Waals surface area contributed by atoms with Crippen molar-refractivity contribution in [3.05, 3.63) is 23.9 Å². The van der Waals surface area contributed by atoms with Gasteiger partial charge in [0.2, 0.25) is 5.88 Å². The second-order valence-corrected chi connectivity index (χ2v) is 5.07. The van der Waals surface area contributed by atoms with Crippen molar-refractivity contribution in [2.45, 2.75) is 43.8 Å². The standard InChI is InChI=1S/C13H17F3N2O/c14-13(15,16)10-5-4-8-18-11(10)19-9-12(17)6-2-1-3-7-12/h4-5,8H,1-3,6-7,9,17H2. The summed E-state index contributed by atoms with van der Waals surface area (Å²) in [5.74, 6) is -0.384. The summed E-state index contributed by atoms with van der Waals surface area (Å²) in [5.41, 5.74) is 4.75. The van der Waals surface area contributed by atoms with Crippen LogP contribution in [0.4, 0.5) is 13.2 Å². The minimum absolute atomic E-state index is 0.0765. The van der Waals surface area contributed by atoms with E-state index in [0.717, 1.165) is 38.2 Å². The molecule has 1 saturated carbocycles. The first-order chi connectivity index (χ1) is 8.91. The van der Waals surface area contributed by atoms with Crippen LogP contribution in [0.1, 0.15) is 37.7 Å². The smallest absolute Gasteiger partial charge is 0.421 e. The molecule has 6 heteroatoms. The summed E-state index contributed by atoms with van der Waals surface area (Å²) in [4.78, 5) is 3.66. The third kappa shape index (κ3) is 3.59. The molecule has 0 aliphatic heterocycles. The van der Waals surface area contributed by atoms with Crippen LogP contribution in [-0.4, -0.2) is 17.1 Å². The monoisotopic (exact) mass is 274 g/mol. The first-order valence-corrected chi connectivity index (χ1v) is 6.35. The highest BCUT2D eigenvalue weighted by Gasteiger charge is 2.36. The van der Waals surface area contributed by atoms with E-state index in [4.69, 9.17) is 10.5 Å². The molecule has 19 heavy (non-hydrogen) atoms. The molecule has 0 amide bonds. The summed E-state index contributed by atoms with van der Waals surface area (Å²) in [6.07, 6.45) is 1.49. The second-order valence-electron chi connectivity index (χ2n) is 5.07. The van der Waals surface area contributed by atoms with Crippen LogP contribution >= 0.6 is 0 Å². The molecule has 0 unspecified atom stereocenters. The first-order valence-electron chi connectivity index (χ1n) is 6.35. The SMILES string of the molecule is NC1(COc2ncccc2C(F)(F)F)CCCCC1. The number of hydrogen-bond donors (Lipinski definition) is 1. The third-order valence-electron chi connectivity index (χ3n) is 3.42. The van der Waals surface area contributed by atoms with Gasteiger partial charge < -0.3 is 10.5 Å². The van der Waals surface area contributed by atoms with Crippen molar-refractivity contribution >= 4 is 0 Å². The van der Waals surface area contributed by atoms with E-state index in [9.17, 15) is 13.2 Å². The van der Waals surface area contributed by atoms with Crippen molar-refractivity contribution < 1.29 is 17.9 Å². The maximum Gasteiger partial charge on any atom is 0.421 e. The van der Waals surface area contributed by atoms with Gasteiger partial charge in [-0.2, -0.15) is 13.2 Å². The Kier molecular flexibility index (Phi) is 3.99. The minimum atomic E-state index is -4.46. The zero-order valence-electron chi connectivity index (χ0n) is 10.5. The number of pyridine rings is 1. The van der Waals surface area contributed by atoms with Crippen molar-refractivity contribution in [3.8, 4) is 5.88 Å². The Morgan fingerprint density at radius 3 is 2.58 bits per heavy atom. The molecule has 1 heterocycles. The molecule has 2 N–H and O–H groups in total. The van der Waals surface area contributed by atoms with E-state index in [1.54, 1.807) is 0 Å². The lowest BCUT2D eigenvalue weighted by Gasteiger charge is -2.33. The summed E-state index contributed by atoms with van der Waals surface area (Å²) in [6, 6.07) is 2.21. The lowest BCUT2D eigenvalue weighted by atomic mass is 9.83. The van der Waals surface area contributed by atoms with E-state index < -0.39 is 17.3 Å². The van der Waals surface area contributed by atoms with Crippen LogP contribution < -0.4 is 10.5 Å². The van der Waals surface area contributed by atoms with Crippen molar-refractivity contribution in [1.82, 2.24) is 4.98 Å². The summed E-state index contributed by atoms with van der Waals surface area (Å²) < 4.78 is 43.5. The van der Waals surface area contributed by atoms with Gasteiger partial charge in [0.15, 0.2) is 0 Å². The number of aromatic nitrogens is 1. The van der Waals surface area contributed by atoms with E-state index in [2.05, 4.69) is 4.98 Å². The zero-order valence-corrected chi connectivity index (χ0v) is 10.5. The van der Waals surface area contributed by atoms with Gasteiger partial charge in [-0.1, -0.05) is 19.3 Å². The molecule has 1 fully saturated rings. The zero-order chi connectivity index (χ0) is 13.9. The molecular formula is C13H17F3N2O. The van der Waals surface area contributed by atoms with Gasteiger partial charge >= 0.3 is 6.18 Å². The molecule has 3 nitrogen and oxygen atoms in total. The van der Waals surface area contributed by atoms with Gasteiger partial charge in [-0.05, 0) is 25.0 Å². The lowest BCUT2D eigenvalue weighted by molar-refractivity contribution is -0.139. The Morgan fingerprint density at radius 2 is 1.95 bits per heavy atom. The average Bonchev–Trinajstić information content (AvgIpc) is 2.37. The van der Waals surface area contributed by atoms with Crippen molar-refractivity contribution in [2.24, 2.45) is 5.73 Å². The van der Waals surface area contributed by atoms with E-state index in [1.165, 1.54) is 12.3 Å². The van der Waals surface area contributed by atoms with Crippen LogP contribution in [0.2, 0.25) is 0 Å². The molecule has 1 aliphatic carbocycles. The number of nitrogens with two attached hydrogens (primary N) is 1. The molecule has 1 aromatic heterocycles. The van der Waals surface area contributed by atoms with Gasteiger partial charge in [0.05, 0.1) is 5.54 Å². The molecular weight excluding hydrogens is 257 g/mol. The maximum atomic E-state index is 12.8. The highest BCUT2D eigenvalue weighted by molar-refractivity contribution is 5.28. The predicted molar refractivity (Wildman–Crippen MR) is 64.7 cm³/mol. The van der Waals surface area contributed by atoms with Crippen LogP contribution in [0.15, 0.2) is 18.3 Å². The number of hydrogen-bond acceptors (Lipinski definition) is 3. The largest absolute Gasteiger partial charge is 0.475 e. The van der Waals surface area contributed by atoms with Crippen molar-refractivity contribution in [2.75, 3.05) is 6.61 Å². The van der Waals surface area contributed by atoms with Crippen LogP contribution in [0.5, 0.6) is 5.88 Å². The summed E-state index contributed by atoms with van der Waals surface area (Å²) in [6.45, 7) is 0.0765.